The largest absolute Gasteiger partial charge is 0.492 e. The smallest absolute Gasteiger partial charge is 0.243 e. The predicted molar refractivity (Wildman–Crippen MR) is 120 cm³/mol. The van der Waals surface area contributed by atoms with Crippen molar-refractivity contribution in [1.82, 2.24) is 4.31 Å². The molecule has 0 spiro atoms. The average Bonchev–Trinajstić information content (AvgIpc) is 2.74. The van der Waals surface area contributed by atoms with Gasteiger partial charge in [-0.3, -0.25) is 4.79 Å². The number of rotatable bonds is 11. The number of benzene rings is 2. The van der Waals surface area contributed by atoms with Crippen LogP contribution in [0.25, 0.3) is 0 Å². The van der Waals surface area contributed by atoms with E-state index in [0.717, 1.165) is 12.0 Å². The van der Waals surface area contributed by atoms with Gasteiger partial charge in [-0.15, -0.1) is 0 Å². The van der Waals surface area contributed by atoms with Crippen molar-refractivity contribution in [2.75, 3.05) is 25.0 Å². The third-order valence-electron chi connectivity index (χ3n) is 4.94. The van der Waals surface area contributed by atoms with Crippen molar-refractivity contribution in [2.24, 2.45) is 0 Å². The Morgan fingerprint density at radius 1 is 0.967 bits per heavy atom. The van der Waals surface area contributed by atoms with Gasteiger partial charge in [0, 0.05) is 19.5 Å². The Hall–Kier alpha value is -2.38. The summed E-state index contributed by atoms with van der Waals surface area (Å²) in [5.74, 6) is 0.268. The van der Waals surface area contributed by atoms with Gasteiger partial charge in [-0.25, -0.2) is 8.42 Å². The van der Waals surface area contributed by atoms with Gasteiger partial charge in [0.15, 0.2) is 0 Å². The van der Waals surface area contributed by atoms with Gasteiger partial charge in [-0.1, -0.05) is 45.0 Å². The van der Waals surface area contributed by atoms with Gasteiger partial charge in [0.25, 0.3) is 0 Å². The number of hydrogen-bond acceptors (Lipinski definition) is 4. The van der Waals surface area contributed by atoms with Crippen LogP contribution < -0.4 is 10.1 Å². The third-order valence-corrected chi connectivity index (χ3v) is 6.99. The summed E-state index contributed by atoms with van der Waals surface area (Å²) in [5, 5.41) is 2.83. The lowest BCUT2D eigenvalue weighted by Gasteiger charge is -2.20. The molecule has 2 rings (SSSR count). The lowest BCUT2D eigenvalue weighted by Crippen LogP contribution is -2.30. The predicted octanol–water partition coefficient (Wildman–Crippen LogP) is 4.25. The second kappa shape index (κ2) is 11.1. The van der Waals surface area contributed by atoms with E-state index in [0.29, 0.717) is 44.0 Å². The highest BCUT2D eigenvalue weighted by molar-refractivity contribution is 7.89. The zero-order valence-corrected chi connectivity index (χ0v) is 19.1. The van der Waals surface area contributed by atoms with Crippen molar-refractivity contribution >= 4 is 21.6 Å². The molecule has 0 aromatic heterocycles. The quantitative estimate of drug-likeness (QED) is 0.576. The Labute approximate surface area is 180 Å². The monoisotopic (exact) mass is 432 g/mol. The number of carbonyl (C=O) groups excluding carboxylic acids is 1. The van der Waals surface area contributed by atoms with Gasteiger partial charge in [0.05, 0.1) is 17.2 Å². The number of carbonyl (C=O) groups is 1. The first-order valence-corrected chi connectivity index (χ1v) is 11.9. The van der Waals surface area contributed by atoms with Crippen molar-refractivity contribution in [2.45, 2.75) is 51.9 Å². The minimum atomic E-state index is -3.63. The van der Waals surface area contributed by atoms with E-state index in [1.807, 2.05) is 19.1 Å². The summed E-state index contributed by atoms with van der Waals surface area (Å²) in [5.41, 5.74) is 2.72. The van der Waals surface area contributed by atoms with Crippen LogP contribution in [-0.4, -0.2) is 38.3 Å². The molecule has 0 aliphatic heterocycles. The number of hydrogen-bond donors (Lipinski definition) is 1. The molecule has 7 heteroatoms. The highest BCUT2D eigenvalue weighted by atomic mass is 32.2. The summed E-state index contributed by atoms with van der Waals surface area (Å²) in [4.78, 5) is 12.7. The maximum absolute atomic E-state index is 12.8. The zero-order valence-electron chi connectivity index (χ0n) is 18.3. The summed E-state index contributed by atoms with van der Waals surface area (Å²) in [6.07, 6.45) is 1.88. The number of aryl methyl sites for hydroxylation is 2. The summed E-state index contributed by atoms with van der Waals surface area (Å²) in [6, 6.07) is 12.8. The minimum Gasteiger partial charge on any atom is -0.492 e. The number of amides is 1. The van der Waals surface area contributed by atoms with Crippen molar-refractivity contribution in [1.29, 1.82) is 0 Å². The Bertz CT molecular complexity index is 936. The van der Waals surface area contributed by atoms with Gasteiger partial charge in [-0.05, 0) is 49.1 Å². The molecule has 0 atom stereocenters. The maximum Gasteiger partial charge on any atom is 0.243 e. The van der Waals surface area contributed by atoms with E-state index in [9.17, 15) is 13.2 Å². The minimum absolute atomic E-state index is 0.139. The van der Waals surface area contributed by atoms with Gasteiger partial charge >= 0.3 is 0 Å². The van der Waals surface area contributed by atoms with Gasteiger partial charge in [0.1, 0.15) is 5.75 Å². The van der Waals surface area contributed by atoms with Crippen LogP contribution >= 0.6 is 0 Å². The molecule has 1 amide bonds. The zero-order chi connectivity index (χ0) is 22.1. The summed E-state index contributed by atoms with van der Waals surface area (Å²) in [6.45, 7) is 8.71. The molecular formula is C23H32N2O4S. The molecule has 0 unspecified atom stereocenters. The Morgan fingerprint density at radius 2 is 1.60 bits per heavy atom. The highest BCUT2D eigenvalue weighted by Crippen LogP contribution is 2.29. The first-order chi connectivity index (χ1) is 14.3. The van der Waals surface area contributed by atoms with E-state index >= 15 is 0 Å². The fourth-order valence-corrected chi connectivity index (χ4v) is 4.66. The molecule has 2 aromatic rings. The van der Waals surface area contributed by atoms with Crippen LogP contribution in [0.15, 0.2) is 47.4 Å². The maximum atomic E-state index is 12.8. The molecular weight excluding hydrogens is 400 g/mol. The van der Waals surface area contributed by atoms with Crippen molar-refractivity contribution in [3.05, 3.63) is 53.6 Å². The molecule has 1 N–H and O–H groups in total. The normalized spacial score (nSPS) is 11.5. The van der Waals surface area contributed by atoms with Gasteiger partial charge in [-0.2, -0.15) is 4.31 Å². The lowest BCUT2D eigenvalue weighted by molar-refractivity contribution is -0.116. The fourth-order valence-electron chi connectivity index (χ4n) is 3.17. The Balaban J connectivity index is 2.17. The molecule has 0 saturated heterocycles. The van der Waals surface area contributed by atoms with E-state index in [2.05, 4.69) is 24.4 Å². The van der Waals surface area contributed by atoms with Crippen molar-refractivity contribution in [3.63, 3.8) is 0 Å². The van der Waals surface area contributed by atoms with Gasteiger partial charge < -0.3 is 10.1 Å². The van der Waals surface area contributed by atoms with Crippen LogP contribution in [0.2, 0.25) is 0 Å². The third kappa shape index (κ3) is 6.06. The molecule has 30 heavy (non-hydrogen) atoms. The highest BCUT2D eigenvalue weighted by Gasteiger charge is 2.23. The Morgan fingerprint density at radius 3 is 2.17 bits per heavy atom. The van der Waals surface area contributed by atoms with Gasteiger partial charge in [0.2, 0.25) is 15.9 Å². The topological polar surface area (TPSA) is 75.7 Å². The van der Waals surface area contributed by atoms with Crippen molar-refractivity contribution < 1.29 is 17.9 Å². The van der Waals surface area contributed by atoms with E-state index in [1.54, 1.807) is 19.9 Å². The van der Waals surface area contributed by atoms with Crippen LogP contribution in [-0.2, 0) is 27.7 Å². The van der Waals surface area contributed by atoms with Crippen LogP contribution in [0, 0.1) is 0 Å². The molecule has 0 fully saturated rings. The van der Waals surface area contributed by atoms with Crippen LogP contribution in [0.4, 0.5) is 5.69 Å². The van der Waals surface area contributed by atoms with Crippen LogP contribution in [0.3, 0.4) is 0 Å². The SMILES string of the molecule is CCOc1ccc(S(=O)(=O)N(CC)CC)cc1NC(=O)CCc1ccc(CC)cc1. The fraction of sp³-hybridized carbons (Fsp3) is 0.435. The summed E-state index contributed by atoms with van der Waals surface area (Å²) >= 11 is 0. The Kier molecular flexibility index (Phi) is 8.87. The van der Waals surface area contributed by atoms with Crippen LogP contribution in [0.1, 0.15) is 45.2 Å². The van der Waals surface area contributed by atoms with Crippen LogP contribution in [0.5, 0.6) is 5.75 Å². The van der Waals surface area contributed by atoms with E-state index in [-0.39, 0.29) is 10.8 Å². The standard InChI is InChI=1S/C23H32N2O4S/c1-5-18-9-11-19(12-10-18)13-16-23(26)24-21-17-20(14-15-22(21)29-8-4)30(27,28)25(6-2)7-3/h9-12,14-15,17H,5-8,13,16H2,1-4H3,(H,24,26). The summed E-state index contributed by atoms with van der Waals surface area (Å²) in [7, 11) is -3.63. The molecule has 0 radical (unpaired) electrons. The molecule has 0 saturated carbocycles. The molecule has 0 aliphatic rings. The number of anilines is 1. The number of nitrogens with one attached hydrogen (secondary N) is 1. The van der Waals surface area contributed by atoms with E-state index in [1.165, 1.54) is 22.0 Å². The van der Waals surface area contributed by atoms with E-state index < -0.39 is 10.0 Å². The van der Waals surface area contributed by atoms with E-state index in [4.69, 9.17) is 4.74 Å². The first kappa shape index (κ1) is 23.9. The molecule has 164 valence electrons. The molecule has 6 nitrogen and oxygen atoms in total. The summed E-state index contributed by atoms with van der Waals surface area (Å²) < 4.78 is 32.6. The second-order valence-electron chi connectivity index (χ2n) is 6.90. The molecule has 0 aliphatic carbocycles. The van der Waals surface area contributed by atoms with Crippen molar-refractivity contribution in [3.8, 4) is 5.75 Å². The lowest BCUT2D eigenvalue weighted by atomic mass is 10.1. The number of ether oxygens (including phenoxy) is 1. The second-order valence-corrected chi connectivity index (χ2v) is 8.84. The first-order valence-electron chi connectivity index (χ1n) is 10.5. The number of nitrogens with zero attached hydrogens (tertiary/aromatic N) is 1. The molecule has 2 aromatic carbocycles. The average molecular weight is 433 g/mol. The molecule has 0 heterocycles. The number of sulfonamides is 1. The molecule has 0 bridgehead atoms.